The number of likely N-dealkylation sites (N-methyl/N-ethyl adjacent to an activating group) is 1. The fourth-order valence-corrected chi connectivity index (χ4v) is 2.77. The molecule has 1 aliphatic carbocycles. The molecule has 4 unspecified atom stereocenters. The maximum Gasteiger partial charge on any atom is 0.239 e. The van der Waals surface area contributed by atoms with Gasteiger partial charge in [-0.15, -0.1) is 0 Å². The molecule has 4 atom stereocenters. The van der Waals surface area contributed by atoms with Crippen LogP contribution >= 0.6 is 0 Å². The average Bonchev–Trinajstić information content (AvgIpc) is 2.35. The van der Waals surface area contributed by atoms with E-state index in [1.165, 1.54) is 19.3 Å². The molecule has 0 saturated heterocycles. The van der Waals surface area contributed by atoms with Crippen LogP contribution in [0.15, 0.2) is 0 Å². The molecule has 0 spiro atoms. The van der Waals surface area contributed by atoms with E-state index < -0.39 is 0 Å². The summed E-state index contributed by atoms with van der Waals surface area (Å²) >= 11 is 0. The molecule has 0 aliphatic heterocycles. The van der Waals surface area contributed by atoms with Crippen LogP contribution in [0.2, 0.25) is 0 Å². The molecule has 0 aromatic carbocycles. The highest BCUT2D eigenvalue weighted by molar-refractivity contribution is 5.82. The predicted octanol–water partition coefficient (Wildman–Crippen LogP) is 2.40. The number of nitrogens with zero attached hydrogens (tertiary/aromatic N) is 1. The van der Waals surface area contributed by atoms with Gasteiger partial charge in [-0.2, -0.15) is 0 Å². The van der Waals surface area contributed by atoms with Crippen molar-refractivity contribution in [2.45, 2.75) is 65.0 Å². The molecule has 0 heterocycles. The van der Waals surface area contributed by atoms with Gasteiger partial charge in [0, 0.05) is 13.1 Å². The van der Waals surface area contributed by atoms with Crippen molar-refractivity contribution in [2.75, 3.05) is 7.05 Å². The zero-order chi connectivity index (χ0) is 13.0. The number of amides is 1. The maximum atomic E-state index is 12.3. The van der Waals surface area contributed by atoms with Crippen molar-refractivity contribution < 1.29 is 4.79 Å². The van der Waals surface area contributed by atoms with Gasteiger partial charge in [0.1, 0.15) is 0 Å². The van der Waals surface area contributed by atoms with E-state index in [9.17, 15) is 4.79 Å². The number of carbonyl (C=O) groups excluding carboxylic acids is 1. The van der Waals surface area contributed by atoms with Gasteiger partial charge in [0.05, 0.1) is 6.04 Å². The van der Waals surface area contributed by atoms with Crippen LogP contribution in [-0.4, -0.2) is 29.9 Å². The third-order valence-electron chi connectivity index (χ3n) is 4.45. The molecule has 0 bridgehead atoms. The summed E-state index contributed by atoms with van der Waals surface area (Å²) in [6.07, 6.45) is 5.88. The maximum absolute atomic E-state index is 12.3. The predicted molar refractivity (Wildman–Crippen MR) is 71.6 cm³/mol. The van der Waals surface area contributed by atoms with Crippen molar-refractivity contribution in [3.63, 3.8) is 0 Å². The van der Waals surface area contributed by atoms with Gasteiger partial charge in [0.25, 0.3) is 0 Å². The molecule has 3 heteroatoms. The SMILES string of the molecule is CCC(C)C(N)C(=O)N(C)C1CCCCC1C. The zero-order valence-electron chi connectivity index (χ0n) is 11.8. The van der Waals surface area contributed by atoms with Crippen molar-refractivity contribution >= 4 is 5.91 Å². The minimum atomic E-state index is -0.334. The van der Waals surface area contributed by atoms with E-state index in [0.717, 1.165) is 12.8 Å². The minimum Gasteiger partial charge on any atom is -0.341 e. The van der Waals surface area contributed by atoms with Crippen LogP contribution in [0, 0.1) is 11.8 Å². The van der Waals surface area contributed by atoms with Crippen LogP contribution in [0.1, 0.15) is 52.9 Å². The Hall–Kier alpha value is -0.570. The zero-order valence-corrected chi connectivity index (χ0v) is 11.8. The van der Waals surface area contributed by atoms with Gasteiger partial charge in [-0.05, 0) is 24.7 Å². The lowest BCUT2D eigenvalue weighted by molar-refractivity contribution is -0.136. The molecule has 100 valence electrons. The fraction of sp³-hybridized carbons (Fsp3) is 0.929. The molecule has 1 saturated carbocycles. The third-order valence-corrected chi connectivity index (χ3v) is 4.45. The average molecular weight is 240 g/mol. The second-order valence-electron chi connectivity index (χ2n) is 5.69. The molecule has 0 radical (unpaired) electrons. The monoisotopic (exact) mass is 240 g/mol. The molecule has 1 amide bonds. The molecule has 0 aromatic rings. The van der Waals surface area contributed by atoms with Crippen LogP contribution in [-0.2, 0) is 4.79 Å². The Balaban J connectivity index is 2.61. The molecule has 1 fully saturated rings. The minimum absolute atomic E-state index is 0.123. The molecule has 17 heavy (non-hydrogen) atoms. The molecule has 2 N–H and O–H groups in total. The molecule has 0 aromatic heterocycles. The largest absolute Gasteiger partial charge is 0.341 e. The first kappa shape index (κ1) is 14.5. The van der Waals surface area contributed by atoms with E-state index in [-0.39, 0.29) is 17.9 Å². The number of carbonyl (C=O) groups is 1. The highest BCUT2D eigenvalue weighted by Gasteiger charge is 2.31. The Labute approximate surface area is 106 Å². The van der Waals surface area contributed by atoms with Crippen LogP contribution in [0.25, 0.3) is 0 Å². The highest BCUT2D eigenvalue weighted by Crippen LogP contribution is 2.28. The fourth-order valence-electron chi connectivity index (χ4n) is 2.77. The third kappa shape index (κ3) is 3.44. The summed E-state index contributed by atoms with van der Waals surface area (Å²) in [6.45, 7) is 6.39. The number of rotatable bonds is 4. The molecule has 1 aliphatic rings. The summed E-state index contributed by atoms with van der Waals surface area (Å²) < 4.78 is 0. The normalized spacial score (nSPS) is 28.5. The van der Waals surface area contributed by atoms with Gasteiger partial charge in [-0.25, -0.2) is 0 Å². The molecule has 3 nitrogen and oxygen atoms in total. The number of hydrogen-bond donors (Lipinski definition) is 1. The molecular weight excluding hydrogens is 212 g/mol. The highest BCUT2D eigenvalue weighted by atomic mass is 16.2. The van der Waals surface area contributed by atoms with Gasteiger partial charge in [0.2, 0.25) is 5.91 Å². The second kappa shape index (κ2) is 6.39. The second-order valence-corrected chi connectivity index (χ2v) is 5.69. The van der Waals surface area contributed by atoms with Crippen LogP contribution in [0.5, 0.6) is 0 Å². The van der Waals surface area contributed by atoms with Gasteiger partial charge >= 0.3 is 0 Å². The van der Waals surface area contributed by atoms with E-state index in [2.05, 4.69) is 20.8 Å². The summed E-state index contributed by atoms with van der Waals surface area (Å²) in [5, 5.41) is 0. The smallest absolute Gasteiger partial charge is 0.239 e. The first-order chi connectivity index (χ1) is 7.99. The van der Waals surface area contributed by atoms with Crippen molar-refractivity contribution in [1.29, 1.82) is 0 Å². The van der Waals surface area contributed by atoms with Crippen LogP contribution in [0.3, 0.4) is 0 Å². The number of nitrogens with two attached hydrogens (primary N) is 1. The Morgan fingerprint density at radius 2 is 2.00 bits per heavy atom. The summed E-state index contributed by atoms with van der Waals surface area (Å²) in [5.41, 5.74) is 6.03. The first-order valence-electron chi connectivity index (χ1n) is 7.01. The van der Waals surface area contributed by atoms with Gasteiger partial charge in [0.15, 0.2) is 0 Å². The standard InChI is InChI=1S/C14H28N2O/c1-5-10(2)13(15)14(17)16(4)12-9-7-6-8-11(12)3/h10-13H,5-9,15H2,1-4H3. The Morgan fingerprint density at radius 3 is 2.53 bits per heavy atom. The van der Waals surface area contributed by atoms with Gasteiger partial charge < -0.3 is 10.6 Å². The summed E-state index contributed by atoms with van der Waals surface area (Å²) in [5.74, 6) is 1.00. The first-order valence-corrected chi connectivity index (χ1v) is 7.01. The Kier molecular flexibility index (Phi) is 5.44. The van der Waals surface area contributed by atoms with E-state index in [1.807, 2.05) is 11.9 Å². The van der Waals surface area contributed by atoms with Crippen LogP contribution < -0.4 is 5.73 Å². The van der Waals surface area contributed by atoms with E-state index in [1.54, 1.807) is 0 Å². The van der Waals surface area contributed by atoms with Crippen molar-refractivity contribution in [2.24, 2.45) is 17.6 Å². The van der Waals surface area contributed by atoms with Gasteiger partial charge in [-0.3, -0.25) is 4.79 Å². The summed E-state index contributed by atoms with van der Waals surface area (Å²) in [7, 11) is 1.93. The summed E-state index contributed by atoms with van der Waals surface area (Å²) in [6, 6.07) is 0.0606. The Bertz CT molecular complexity index is 255. The molecular formula is C14H28N2O. The van der Waals surface area contributed by atoms with Crippen molar-refractivity contribution in [3.8, 4) is 0 Å². The van der Waals surface area contributed by atoms with Crippen LogP contribution in [0.4, 0.5) is 0 Å². The van der Waals surface area contributed by atoms with E-state index in [4.69, 9.17) is 5.73 Å². The summed E-state index contributed by atoms with van der Waals surface area (Å²) in [4.78, 5) is 14.2. The Morgan fingerprint density at radius 1 is 1.41 bits per heavy atom. The van der Waals surface area contributed by atoms with Gasteiger partial charge in [-0.1, -0.05) is 40.0 Å². The quantitative estimate of drug-likeness (QED) is 0.820. The molecule has 1 rings (SSSR count). The lowest BCUT2D eigenvalue weighted by atomic mass is 9.84. The lowest BCUT2D eigenvalue weighted by Gasteiger charge is -2.38. The topological polar surface area (TPSA) is 46.3 Å². The number of hydrogen-bond acceptors (Lipinski definition) is 2. The van der Waals surface area contributed by atoms with E-state index in [0.29, 0.717) is 12.0 Å². The van der Waals surface area contributed by atoms with Crippen molar-refractivity contribution in [1.82, 2.24) is 4.90 Å². The van der Waals surface area contributed by atoms with Crippen molar-refractivity contribution in [3.05, 3.63) is 0 Å². The lowest BCUT2D eigenvalue weighted by Crippen LogP contribution is -2.51. The van der Waals surface area contributed by atoms with E-state index >= 15 is 0 Å².